The van der Waals surface area contributed by atoms with E-state index >= 15 is 0 Å². The van der Waals surface area contributed by atoms with Crippen LogP contribution in [0.2, 0.25) is 0 Å². The first kappa shape index (κ1) is 17.3. The van der Waals surface area contributed by atoms with Gasteiger partial charge in [-0.2, -0.15) is 0 Å². The first-order valence-corrected chi connectivity index (χ1v) is 8.03. The number of urea groups is 1. The quantitative estimate of drug-likeness (QED) is 0.746. The Hall–Kier alpha value is -2.08. The van der Waals surface area contributed by atoms with Gasteiger partial charge in [-0.1, -0.05) is 30.3 Å². The normalized spacial score (nSPS) is 20.7. The Kier molecular flexibility index (Phi) is 6.40. The Labute approximate surface area is 136 Å². The second-order valence-corrected chi connectivity index (χ2v) is 5.97. The van der Waals surface area contributed by atoms with Crippen LogP contribution in [-0.4, -0.2) is 46.3 Å². The lowest BCUT2D eigenvalue weighted by Crippen LogP contribution is -2.46. The second-order valence-electron chi connectivity index (χ2n) is 5.97. The van der Waals surface area contributed by atoms with Gasteiger partial charge in [0.1, 0.15) is 0 Å². The summed E-state index contributed by atoms with van der Waals surface area (Å²) in [5, 5.41) is 21.2. The van der Waals surface area contributed by atoms with Gasteiger partial charge in [-0.25, -0.2) is 4.79 Å². The molecule has 0 saturated heterocycles. The highest BCUT2D eigenvalue weighted by molar-refractivity contribution is 5.74. The molecule has 0 spiro atoms. The monoisotopic (exact) mass is 320 g/mol. The number of aliphatic carboxylic acids is 1. The van der Waals surface area contributed by atoms with Crippen LogP contribution in [0.15, 0.2) is 30.3 Å². The van der Waals surface area contributed by atoms with Gasteiger partial charge >= 0.3 is 12.0 Å². The molecule has 1 aromatic rings. The summed E-state index contributed by atoms with van der Waals surface area (Å²) in [5.74, 6) is -1.04. The Morgan fingerprint density at radius 1 is 1.13 bits per heavy atom. The highest BCUT2D eigenvalue weighted by Crippen LogP contribution is 2.24. The van der Waals surface area contributed by atoms with Gasteiger partial charge < -0.3 is 20.4 Å². The third-order valence-corrected chi connectivity index (χ3v) is 4.28. The van der Waals surface area contributed by atoms with Crippen LogP contribution < -0.4 is 5.32 Å². The Bertz CT molecular complexity index is 513. The van der Waals surface area contributed by atoms with Crippen molar-refractivity contribution in [3.05, 3.63) is 35.9 Å². The van der Waals surface area contributed by atoms with Gasteiger partial charge in [-0.15, -0.1) is 0 Å². The average molecular weight is 320 g/mol. The van der Waals surface area contributed by atoms with E-state index < -0.39 is 5.97 Å². The Morgan fingerprint density at radius 2 is 1.78 bits per heavy atom. The van der Waals surface area contributed by atoms with Gasteiger partial charge in [0, 0.05) is 19.1 Å². The summed E-state index contributed by atoms with van der Waals surface area (Å²) < 4.78 is 0. The van der Waals surface area contributed by atoms with Crippen molar-refractivity contribution < 1.29 is 19.8 Å². The highest BCUT2D eigenvalue weighted by Gasteiger charge is 2.27. The van der Waals surface area contributed by atoms with Crippen LogP contribution in [0.25, 0.3) is 0 Å². The molecule has 23 heavy (non-hydrogen) atoms. The van der Waals surface area contributed by atoms with Crippen molar-refractivity contribution in [2.75, 3.05) is 13.2 Å². The van der Waals surface area contributed by atoms with E-state index in [9.17, 15) is 14.7 Å². The second kappa shape index (κ2) is 8.53. The van der Waals surface area contributed by atoms with Gasteiger partial charge in [0.25, 0.3) is 0 Å². The van der Waals surface area contributed by atoms with E-state index in [1.807, 2.05) is 30.3 Å². The van der Waals surface area contributed by atoms with Crippen molar-refractivity contribution in [2.45, 2.75) is 38.3 Å². The fourth-order valence-electron chi connectivity index (χ4n) is 2.93. The minimum absolute atomic E-state index is 0.00932. The summed E-state index contributed by atoms with van der Waals surface area (Å²) in [7, 11) is 0. The minimum Gasteiger partial charge on any atom is -0.481 e. The number of nitrogens with one attached hydrogen (secondary N) is 1. The zero-order valence-corrected chi connectivity index (χ0v) is 13.1. The molecule has 0 unspecified atom stereocenters. The molecule has 0 heterocycles. The molecular formula is C17H24N2O4. The van der Waals surface area contributed by atoms with Gasteiger partial charge in [0.05, 0.1) is 12.5 Å². The molecule has 6 nitrogen and oxygen atoms in total. The molecule has 2 rings (SSSR count). The molecule has 1 saturated carbocycles. The lowest BCUT2D eigenvalue weighted by molar-refractivity contribution is -0.142. The molecule has 0 aliphatic heterocycles. The number of benzene rings is 1. The standard InChI is InChI=1S/C17H24N2O4/c20-11-10-19(12-13-4-2-1-3-5-13)17(23)18-15-8-6-14(7-9-15)16(21)22/h1-5,14-15,20H,6-12H2,(H,18,23)(H,21,22). The molecule has 1 aliphatic rings. The third-order valence-electron chi connectivity index (χ3n) is 4.28. The molecule has 0 bridgehead atoms. The molecular weight excluding hydrogens is 296 g/mol. The van der Waals surface area contributed by atoms with E-state index in [-0.39, 0.29) is 31.1 Å². The van der Waals surface area contributed by atoms with Crippen molar-refractivity contribution in [2.24, 2.45) is 5.92 Å². The lowest BCUT2D eigenvalue weighted by Gasteiger charge is -2.30. The molecule has 0 radical (unpaired) electrons. The van der Waals surface area contributed by atoms with Crippen molar-refractivity contribution in [1.29, 1.82) is 0 Å². The van der Waals surface area contributed by atoms with Crippen molar-refractivity contribution >= 4 is 12.0 Å². The Balaban J connectivity index is 1.87. The van der Waals surface area contributed by atoms with E-state index in [0.29, 0.717) is 32.2 Å². The summed E-state index contributed by atoms with van der Waals surface area (Å²) in [6.45, 7) is 0.620. The SMILES string of the molecule is O=C(O)C1CCC(NC(=O)N(CCO)Cc2ccccc2)CC1. The predicted octanol–water partition coefficient (Wildman–Crippen LogP) is 1.83. The maximum Gasteiger partial charge on any atom is 0.317 e. The van der Waals surface area contributed by atoms with E-state index in [0.717, 1.165) is 5.56 Å². The number of rotatable bonds is 6. The molecule has 1 fully saturated rings. The van der Waals surface area contributed by atoms with Crippen LogP contribution in [0, 0.1) is 5.92 Å². The summed E-state index contributed by atoms with van der Waals surface area (Å²) in [5.41, 5.74) is 1.01. The molecule has 0 aromatic heterocycles. The van der Waals surface area contributed by atoms with Crippen molar-refractivity contribution in [1.82, 2.24) is 10.2 Å². The summed E-state index contributed by atoms with van der Waals surface area (Å²) in [6.07, 6.45) is 2.56. The number of hydrogen-bond acceptors (Lipinski definition) is 3. The average Bonchev–Trinajstić information content (AvgIpc) is 2.56. The third kappa shape index (κ3) is 5.25. The Morgan fingerprint density at radius 3 is 2.35 bits per heavy atom. The maximum atomic E-state index is 12.4. The lowest BCUT2D eigenvalue weighted by atomic mass is 9.86. The van der Waals surface area contributed by atoms with Crippen LogP contribution in [-0.2, 0) is 11.3 Å². The first-order chi connectivity index (χ1) is 11.1. The van der Waals surface area contributed by atoms with Crippen molar-refractivity contribution in [3.63, 3.8) is 0 Å². The van der Waals surface area contributed by atoms with Crippen LogP contribution in [0.1, 0.15) is 31.2 Å². The largest absolute Gasteiger partial charge is 0.481 e. The number of carbonyl (C=O) groups is 2. The molecule has 1 aromatic carbocycles. The number of aliphatic hydroxyl groups excluding tert-OH is 1. The zero-order valence-electron chi connectivity index (χ0n) is 13.1. The number of carboxylic acids is 1. The molecule has 2 amide bonds. The number of carbonyl (C=O) groups excluding carboxylic acids is 1. The van der Waals surface area contributed by atoms with E-state index in [4.69, 9.17) is 5.11 Å². The number of hydrogen-bond donors (Lipinski definition) is 3. The van der Waals surface area contributed by atoms with Gasteiger partial charge in [0.15, 0.2) is 0 Å². The minimum atomic E-state index is -0.749. The van der Waals surface area contributed by atoms with Gasteiger partial charge in [0.2, 0.25) is 0 Å². The summed E-state index contributed by atoms with van der Waals surface area (Å²) in [4.78, 5) is 24.9. The predicted molar refractivity (Wildman–Crippen MR) is 85.9 cm³/mol. The number of nitrogens with zero attached hydrogens (tertiary/aromatic N) is 1. The highest BCUT2D eigenvalue weighted by atomic mass is 16.4. The van der Waals surface area contributed by atoms with E-state index in [1.165, 1.54) is 0 Å². The van der Waals surface area contributed by atoms with Crippen LogP contribution in [0.3, 0.4) is 0 Å². The topological polar surface area (TPSA) is 89.9 Å². The molecule has 3 N–H and O–H groups in total. The zero-order chi connectivity index (χ0) is 16.7. The summed E-state index contributed by atoms with van der Waals surface area (Å²) in [6, 6.07) is 9.43. The fraction of sp³-hybridized carbons (Fsp3) is 0.529. The van der Waals surface area contributed by atoms with Crippen LogP contribution >= 0.6 is 0 Å². The van der Waals surface area contributed by atoms with Gasteiger partial charge in [-0.05, 0) is 31.2 Å². The molecule has 126 valence electrons. The number of amides is 2. The van der Waals surface area contributed by atoms with Crippen molar-refractivity contribution in [3.8, 4) is 0 Å². The van der Waals surface area contributed by atoms with E-state index in [2.05, 4.69) is 5.32 Å². The first-order valence-electron chi connectivity index (χ1n) is 8.03. The van der Waals surface area contributed by atoms with Crippen LogP contribution in [0.4, 0.5) is 4.79 Å². The number of aliphatic hydroxyl groups is 1. The smallest absolute Gasteiger partial charge is 0.317 e. The number of carboxylic acid groups (broad SMARTS) is 1. The molecule has 1 aliphatic carbocycles. The maximum absolute atomic E-state index is 12.4. The molecule has 0 atom stereocenters. The van der Waals surface area contributed by atoms with Crippen LogP contribution in [0.5, 0.6) is 0 Å². The van der Waals surface area contributed by atoms with E-state index in [1.54, 1.807) is 4.90 Å². The fourth-order valence-corrected chi connectivity index (χ4v) is 2.93. The molecule has 6 heteroatoms. The van der Waals surface area contributed by atoms with Gasteiger partial charge in [-0.3, -0.25) is 4.79 Å². The summed E-state index contributed by atoms with van der Waals surface area (Å²) >= 11 is 0.